The predicted octanol–water partition coefficient (Wildman–Crippen LogP) is 7.19. The van der Waals surface area contributed by atoms with E-state index in [2.05, 4.69) is 77.0 Å². The van der Waals surface area contributed by atoms with E-state index >= 15 is 0 Å². The van der Waals surface area contributed by atoms with E-state index in [1.807, 2.05) is 30.4 Å². The summed E-state index contributed by atoms with van der Waals surface area (Å²) in [6.45, 7) is 2.54. The first-order valence-electron chi connectivity index (χ1n) is 11.8. The van der Waals surface area contributed by atoms with Crippen molar-refractivity contribution in [2.75, 3.05) is 17.8 Å². The molecule has 0 saturated carbocycles. The highest BCUT2D eigenvalue weighted by Crippen LogP contribution is 2.35. The fourth-order valence-corrected chi connectivity index (χ4v) is 6.26. The lowest BCUT2D eigenvalue weighted by molar-refractivity contribution is 0.186. The molecule has 3 aromatic carbocycles. The number of benzene rings is 3. The molecule has 0 saturated heterocycles. The van der Waals surface area contributed by atoms with Gasteiger partial charge in [0.1, 0.15) is 5.03 Å². The smallest absolute Gasteiger partial charge is 0.317 e. The lowest BCUT2D eigenvalue weighted by Gasteiger charge is -2.30. The third kappa shape index (κ3) is 4.91. The number of hydrogen-bond donors (Lipinski definition) is 1. The van der Waals surface area contributed by atoms with Crippen molar-refractivity contribution < 1.29 is 4.79 Å². The van der Waals surface area contributed by atoms with Gasteiger partial charge in [0.25, 0.3) is 0 Å². The van der Waals surface area contributed by atoms with E-state index < -0.39 is 0 Å². The van der Waals surface area contributed by atoms with E-state index in [-0.39, 0.29) is 12.1 Å². The molecule has 178 valence electrons. The normalized spacial score (nSPS) is 13.1. The molecule has 0 aliphatic heterocycles. The minimum Gasteiger partial charge on any atom is -0.317 e. The first-order valence-corrected chi connectivity index (χ1v) is 14.2. The molecular weight excluding hydrogens is 470 g/mol. The number of thioether (sulfide) groups is 2. The zero-order valence-electron chi connectivity index (χ0n) is 20.2. The molecule has 0 spiro atoms. The Morgan fingerprint density at radius 3 is 2.37 bits per heavy atom. The standard InChI is InChI=1S/C29H29N3OS2/c1-19-15-26(34-2)27(28(30-19)35-3)31-29(33)32(24-16-21-10-4-5-11-22(21)17-24)18-23-13-8-12-20-9-6-7-14-25(20)23/h4-15,24H,16-18H2,1-3H3,(H,31,33). The predicted molar refractivity (Wildman–Crippen MR) is 149 cm³/mol. The number of nitrogens with zero attached hydrogens (tertiary/aromatic N) is 2. The van der Waals surface area contributed by atoms with Gasteiger partial charge >= 0.3 is 6.03 Å². The molecule has 0 fully saturated rings. The van der Waals surface area contributed by atoms with Gasteiger partial charge in [-0.1, -0.05) is 66.7 Å². The van der Waals surface area contributed by atoms with Gasteiger partial charge in [-0.25, -0.2) is 9.78 Å². The van der Waals surface area contributed by atoms with Crippen molar-refractivity contribution >= 4 is 46.0 Å². The van der Waals surface area contributed by atoms with Crippen LogP contribution in [-0.4, -0.2) is 34.5 Å². The number of aryl methyl sites for hydroxylation is 1. The summed E-state index contributed by atoms with van der Waals surface area (Å²) in [4.78, 5) is 21.7. The summed E-state index contributed by atoms with van der Waals surface area (Å²) in [6.07, 6.45) is 5.77. The number of rotatable bonds is 6. The number of amides is 2. The van der Waals surface area contributed by atoms with Crippen LogP contribution < -0.4 is 5.32 Å². The summed E-state index contributed by atoms with van der Waals surface area (Å²) in [7, 11) is 0. The number of urea groups is 1. The zero-order valence-corrected chi connectivity index (χ0v) is 21.9. The molecule has 0 unspecified atom stereocenters. The molecule has 4 nitrogen and oxygen atoms in total. The molecule has 1 aromatic heterocycles. The van der Waals surface area contributed by atoms with Gasteiger partial charge < -0.3 is 10.2 Å². The van der Waals surface area contributed by atoms with Gasteiger partial charge in [-0.15, -0.1) is 23.5 Å². The topological polar surface area (TPSA) is 45.2 Å². The quantitative estimate of drug-likeness (QED) is 0.285. The van der Waals surface area contributed by atoms with Crippen LogP contribution in [0.5, 0.6) is 0 Å². The number of nitrogens with one attached hydrogen (secondary N) is 1. The maximum atomic E-state index is 14.0. The summed E-state index contributed by atoms with van der Waals surface area (Å²) in [5, 5.41) is 6.49. The average Bonchev–Trinajstić information content (AvgIpc) is 3.31. The SMILES string of the molecule is CSc1cc(C)nc(SC)c1NC(=O)N(Cc1cccc2ccccc12)C1Cc2ccccc2C1. The zero-order chi connectivity index (χ0) is 24.4. The van der Waals surface area contributed by atoms with Crippen molar-refractivity contribution in [1.82, 2.24) is 9.88 Å². The van der Waals surface area contributed by atoms with Gasteiger partial charge in [-0.3, -0.25) is 0 Å². The molecule has 1 aliphatic rings. The van der Waals surface area contributed by atoms with E-state index in [4.69, 9.17) is 0 Å². The Morgan fingerprint density at radius 1 is 0.971 bits per heavy atom. The summed E-state index contributed by atoms with van der Waals surface area (Å²) in [5.41, 5.74) is 5.58. The monoisotopic (exact) mass is 499 g/mol. The van der Waals surface area contributed by atoms with Gasteiger partial charge in [0.05, 0.1) is 5.69 Å². The van der Waals surface area contributed by atoms with Crippen molar-refractivity contribution in [2.45, 2.75) is 42.3 Å². The van der Waals surface area contributed by atoms with Crippen molar-refractivity contribution in [3.05, 3.63) is 95.2 Å². The van der Waals surface area contributed by atoms with Crippen LogP contribution in [0.2, 0.25) is 0 Å². The van der Waals surface area contributed by atoms with Crippen molar-refractivity contribution in [3.63, 3.8) is 0 Å². The van der Waals surface area contributed by atoms with Crippen LogP contribution in [-0.2, 0) is 19.4 Å². The van der Waals surface area contributed by atoms with Crippen LogP contribution in [0, 0.1) is 6.92 Å². The number of carbonyl (C=O) groups excluding carboxylic acids is 1. The second-order valence-electron chi connectivity index (χ2n) is 8.88. The Balaban J connectivity index is 1.51. The molecule has 35 heavy (non-hydrogen) atoms. The van der Waals surface area contributed by atoms with Gasteiger partial charge in [-0.05, 0) is 65.8 Å². The first kappa shape index (κ1) is 23.8. The van der Waals surface area contributed by atoms with E-state index in [0.717, 1.165) is 39.7 Å². The second kappa shape index (κ2) is 10.3. The number of carbonyl (C=O) groups is 1. The third-order valence-corrected chi connectivity index (χ3v) is 8.12. The van der Waals surface area contributed by atoms with E-state index in [1.54, 1.807) is 23.5 Å². The number of aromatic nitrogens is 1. The summed E-state index contributed by atoms with van der Waals surface area (Å²) < 4.78 is 0. The lowest BCUT2D eigenvalue weighted by atomic mass is 10.0. The van der Waals surface area contributed by atoms with Crippen molar-refractivity contribution in [1.29, 1.82) is 0 Å². The van der Waals surface area contributed by atoms with Crippen LogP contribution in [0.1, 0.15) is 22.4 Å². The Kier molecular flexibility index (Phi) is 7.02. The van der Waals surface area contributed by atoms with Crippen LogP contribution in [0.4, 0.5) is 10.5 Å². The molecule has 2 amide bonds. The highest BCUT2D eigenvalue weighted by molar-refractivity contribution is 7.99. The molecule has 1 heterocycles. The molecular formula is C29H29N3OS2. The summed E-state index contributed by atoms with van der Waals surface area (Å²) >= 11 is 3.20. The fraction of sp³-hybridized carbons (Fsp3) is 0.241. The van der Waals surface area contributed by atoms with E-state index in [9.17, 15) is 4.79 Å². The molecule has 0 bridgehead atoms. The van der Waals surface area contributed by atoms with Crippen LogP contribution in [0.3, 0.4) is 0 Å². The first-order chi connectivity index (χ1) is 17.1. The summed E-state index contributed by atoms with van der Waals surface area (Å²) in [5.74, 6) is 0. The van der Waals surface area contributed by atoms with Gasteiger partial charge in [0.15, 0.2) is 0 Å². The minimum atomic E-state index is -0.0769. The molecule has 1 N–H and O–H groups in total. The molecule has 1 aliphatic carbocycles. The Labute approximate surface area is 215 Å². The van der Waals surface area contributed by atoms with Crippen LogP contribution in [0.15, 0.2) is 82.7 Å². The Morgan fingerprint density at radius 2 is 1.66 bits per heavy atom. The lowest BCUT2D eigenvalue weighted by Crippen LogP contribution is -2.43. The van der Waals surface area contributed by atoms with E-state index in [1.165, 1.54) is 21.9 Å². The highest BCUT2D eigenvalue weighted by Gasteiger charge is 2.31. The van der Waals surface area contributed by atoms with Gasteiger partial charge in [0, 0.05) is 23.2 Å². The fourth-order valence-electron chi connectivity index (χ4n) is 4.95. The maximum absolute atomic E-state index is 14.0. The van der Waals surface area contributed by atoms with Crippen LogP contribution in [0.25, 0.3) is 10.8 Å². The highest BCUT2D eigenvalue weighted by atomic mass is 32.2. The number of fused-ring (bicyclic) bond motifs is 2. The van der Waals surface area contributed by atoms with Gasteiger partial charge in [-0.2, -0.15) is 0 Å². The second-order valence-corrected chi connectivity index (χ2v) is 10.5. The number of hydrogen-bond acceptors (Lipinski definition) is 4. The molecule has 6 heteroatoms. The van der Waals surface area contributed by atoms with Gasteiger partial charge in [0.2, 0.25) is 0 Å². The number of anilines is 1. The van der Waals surface area contributed by atoms with Crippen LogP contribution >= 0.6 is 23.5 Å². The minimum absolute atomic E-state index is 0.0769. The Hall–Kier alpha value is -2.96. The molecule has 0 radical (unpaired) electrons. The number of pyridine rings is 1. The van der Waals surface area contributed by atoms with E-state index in [0.29, 0.717) is 6.54 Å². The third-order valence-electron chi connectivity index (χ3n) is 6.68. The molecule has 5 rings (SSSR count). The maximum Gasteiger partial charge on any atom is 0.322 e. The Bertz CT molecular complexity index is 1330. The molecule has 0 atom stereocenters. The largest absolute Gasteiger partial charge is 0.322 e. The average molecular weight is 500 g/mol. The molecule has 4 aromatic rings. The van der Waals surface area contributed by atoms with Crippen molar-refractivity contribution in [2.24, 2.45) is 0 Å². The van der Waals surface area contributed by atoms with Crippen molar-refractivity contribution in [3.8, 4) is 0 Å². The summed E-state index contributed by atoms with van der Waals surface area (Å²) in [6, 6.07) is 25.3.